The van der Waals surface area contributed by atoms with Gasteiger partial charge in [-0.05, 0) is 36.6 Å². The second-order valence-corrected chi connectivity index (χ2v) is 5.41. The van der Waals surface area contributed by atoms with Crippen LogP contribution in [0.2, 0.25) is 0 Å². The van der Waals surface area contributed by atoms with Gasteiger partial charge < -0.3 is 19.1 Å². The number of amides is 1. The van der Waals surface area contributed by atoms with Crippen LogP contribution in [0.3, 0.4) is 0 Å². The summed E-state index contributed by atoms with van der Waals surface area (Å²) in [6.45, 7) is 6.74. The summed E-state index contributed by atoms with van der Waals surface area (Å²) in [5, 5.41) is 0. The van der Waals surface area contributed by atoms with Crippen LogP contribution in [0, 0.1) is 0 Å². The van der Waals surface area contributed by atoms with E-state index in [0.717, 1.165) is 31.5 Å². The zero-order chi connectivity index (χ0) is 16.7. The van der Waals surface area contributed by atoms with E-state index in [2.05, 4.69) is 13.8 Å². The molecule has 0 saturated carbocycles. The first-order valence-corrected chi connectivity index (χ1v) is 8.14. The molecule has 1 amide bonds. The van der Waals surface area contributed by atoms with E-state index in [9.17, 15) is 4.79 Å². The van der Waals surface area contributed by atoms with E-state index in [-0.39, 0.29) is 5.91 Å². The molecule has 0 fully saturated rings. The lowest BCUT2D eigenvalue weighted by Gasteiger charge is -2.21. The Morgan fingerprint density at radius 3 is 2.57 bits per heavy atom. The monoisotopic (exact) mass is 319 g/mol. The van der Waals surface area contributed by atoms with Crippen LogP contribution in [-0.4, -0.2) is 44.2 Å². The van der Waals surface area contributed by atoms with Crippen LogP contribution in [0.15, 0.2) is 18.2 Å². The summed E-state index contributed by atoms with van der Waals surface area (Å²) < 4.78 is 16.5. The van der Waals surface area contributed by atoms with Gasteiger partial charge >= 0.3 is 0 Å². The molecule has 1 heterocycles. The van der Waals surface area contributed by atoms with Crippen LogP contribution >= 0.6 is 0 Å². The number of carbonyl (C=O) groups is 1. The first-order chi connectivity index (χ1) is 11.2. The number of methoxy groups -OCH3 is 1. The number of nitrogens with zero attached hydrogens (tertiary/aromatic N) is 1. The van der Waals surface area contributed by atoms with Gasteiger partial charge in [0.25, 0.3) is 0 Å². The molecule has 5 heteroatoms. The van der Waals surface area contributed by atoms with E-state index < -0.39 is 0 Å². The fourth-order valence-electron chi connectivity index (χ4n) is 2.53. The number of hydrogen-bond donors (Lipinski definition) is 0. The molecule has 0 aliphatic carbocycles. The van der Waals surface area contributed by atoms with Crippen molar-refractivity contribution in [3.05, 3.63) is 23.8 Å². The highest BCUT2D eigenvalue weighted by Gasteiger charge is 2.18. The van der Waals surface area contributed by atoms with Crippen molar-refractivity contribution in [3.8, 4) is 17.2 Å². The van der Waals surface area contributed by atoms with Gasteiger partial charge in [-0.3, -0.25) is 4.79 Å². The number of fused-ring (bicyclic) bond motifs is 1. The van der Waals surface area contributed by atoms with Gasteiger partial charge in [0.15, 0.2) is 11.5 Å². The molecule has 1 aromatic rings. The summed E-state index contributed by atoms with van der Waals surface area (Å²) in [5.74, 6) is 1.93. The molecule has 5 nitrogen and oxygen atoms in total. The maximum Gasteiger partial charge on any atom is 0.246 e. The van der Waals surface area contributed by atoms with Crippen molar-refractivity contribution in [3.63, 3.8) is 0 Å². The fourth-order valence-corrected chi connectivity index (χ4v) is 2.53. The average molecular weight is 319 g/mol. The molecule has 1 aromatic carbocycles. The van der Waals surface area contributed by atoms with Crippen molar-refractivity contribution in [2.24, 2.45) is 0 Å². The third-order valence-corrected chi connectivity index (χ3v) is 3.57. The molecule has 126 valence electrons. The molecule has 0 saturated heterocycles. The zero-order valence-corrected chi connectivity index (χ0v) is 14.1. The highest BCUT2D eigenvalue weighted by atomic mass is 16.6. The lowest BCUT2D eigenvalue weighted by molar-refractivity contribution is -0.126. The fraction of sp³-hybridized carbons (Fsp3) is 0.500. The van der Waals surface area contributed by atoms with Crippen LogP contribution in [0.1, 0.15) is 32.3 Å². The van der Waals surface area contributed by atoms with E-state index in [0.29, 0.717) is 30.5 Å². The number of ether oxygens (including phenoxy) is 3. The van der Waals surface area contributed by atoms with Gasteiger partial charge in [0.05, 0.1) is 7.11 Å². The van der Waals surface area contributed by atoms with E-state index in [1.807, 2.05) is 17.0 Å². The Morgan fingerprint density at radius 1 is 1.22 bits per heavy atom. The van der Waals surface area contributed by atoms with Crippen LogP contribution < -0.4 is 14.2 Å². The minimum absolute atomic E-state index is 0.0301. The summed E-state index contributed by atoms with van der Waals surface area (Å²) in [4.78, 5) is 14.2. The van der Waals surface area contributed by atoms with Gasteiger partial charge in [-0.1, -0.05) is 13.8 Å². The topological polar surface area (TPSA) is 48.0 Å². The SMILES string of the molecule is CCCN(CCC)C(=O)C=Cc1cc(OC)c2c(c1)OCCO2. The van der Waals surface area contributed by atoms with Crippen molar-refractivity contribution in [2.75, 3.05) is 33.4 Å². The maximum absolute atomic E-state index is 12.3. The lowest BCUT2D eigenvalue weighted by atomic mass is 10.1. The third-order valence-electron chi connectivity index (χ3n) is 3.57. The Bertz CT molecular complexity index is 545. The van der Waals surface area contributed by atoms with Crippen molar-refractivity contribution < 1.29 is 19.0 Å². The average Bonchev–Trinajstić information content (AvgIpc) is 2.58. The van der Waals surface area contributed by atoms with E-state index in [1.165, 1.54) is 0 Å². The van der Waals surface area contributed by atoms with E-state index in [1.54, 1.807) is 19.3 Å². The number of carbonyl (C=O) groups excluding carboxylic acids is 1. The van der Waals surface area contributed by atoms with Gasteiger partial charge in [0.2, 0.25) is 11.7 Å². The predicted octanol–water partition coefficient (Wildman–Crippen LogP) is 3.13. The van der Waals surface area contributed by atoms with Gasteiger partial charge in [-0.2, -0.15) is 0 Å². The molecule has 0 bridgehead atoms. The van der Waals surface area contributed by atoms with Gasteiger partial charge in [-0.15, -0.1) is 0 Å². The highest BCUT2D eigenvalue weighted by molar-refractivity contribution is 5.92. The van der Waals surface area contributed by atoms with E-state index >= 15 is 0 Å². The summed E-state index contributed by atoms with van der Waals surface area (Å²) in [7, 11) is 1.59. The Labute approximate surface area is 137 Å². The Balaban J connectivity index is 2.17. The lowest BCUT2D eigenvalue weighted by Crippen LogP contribution is -2.30. The summed E-state index contributed by atoms with van der Waals surface area (Å²) >= 11 is 0. The number of benzene rings is 1. The molecule has 2 rings (SSSR count). The molecular weight excluding hydrogens is 294 g/mol. The Kier molecular flexibility index (Phi) is 6.32. The largest absolute Gasteiger partial charge is 0.493 e. The van der Waals surface area contributed by atoms with Crippen molar-refractivity contribution >= 4 is 12.0 Å². The Morgan fingerprint density at radius 2 is 1.91 bits per heavy atom. The molecule has 0 radical (unpaired) electrons. The molecule has 1 aliphatic rings. The number of hydrogen-bond acceptors (Lipinski definition) is 4. The smallest absolute Gasteiger partial charge is 0.246 e. The molecular formula is C18H25NO4. The second kappa shape index (κ2) is 8.46. The summed E-state index contributed by atoms with van der Waals surface area (Å²) in [6.07, 6.45) is 5.31. The van der Waals surface area contributed by atoms with Crippen LogP contribution in [0.4, 0.5) is 0 Å². The van der Waals surface area contributed by atoms with Gasteiger partial charge in [-0.25, -0.2) is 0 Å². The minimum atomic E-state index is 0.0301. The molecule has 0 aromatic heterocycles. The summed E-state index contributed by atoms with van der Waals surface area (Å²) in [6, 6.07) is 3.71. The number of rotatable bonds is 7. The van der Waals surface area contributed by atoms with Crippen molar-refractivity contribution in [1.29, 1.82) is 0 Å². The van der Waals surface area contributed by atoms with E-state index in [4.69, 9.17) is 14.2 Å². The Hall–Kier alpha value is -2.17. The first-order valence-electron chi connectivity index (χ1n) is 8.14. The zero-order valence-electron chi connectivity index (χ0n) is 14.1. The molecule has 0 spiro atoms. The molecule has 0 N–H and O–H groups in total. The van der Waals surface area contributed by atoms with Crippen molar-refractivity contribution in [1.82, 2.24) is 4.90 Å². The quantitative estimate of drug-likeness (QED) is 0.725. The maximum atomic E-state index is 12.3. The molecule has 0 unspecified atom stereocenters. The molecule has 1 aliphatic heterocycles. The predicted molar refractivity (Wildman–Crippen MR) is 90.2 cm³/mol. The van der Waals surface area contributed by atoms with Crippen LogP contribution in [-0.2, 0) is 4.79 Å². The molecule has 0 atom stereocenters. The van der Waals surface area contributed by atoms with Crippen LogP contribution in [0.5, 0.6) is 17.2 Å². The standard InChI is InChI=1S/C18H25NO4/c1-4-8-19(9-5-2)17(20)7-6-14-12-15(21-3)18-16(13-14)22-10-11-23-18/h6-7,12-13H,4-5,8-11H2,1-3H3. The normalized spacial score (nSPS) is 13.2. The minimum Gasteiger partial charge on any atom is -0.493 e. The first kappa shape index (κ1) is 17.2. The van der Waals surface area contributed by atoms with Crippen LogP contribution in [0.25, 0.3) is 6.08 Å². The molecule has 23 heavy (non-hydrogen) atoms. The van der Waals surface area contributed by atoms with Gasteiger partial charge in [0, 0.05) is 19.2 Å². The van der Waals surface area contributed by atoms with Crippen molar-refractivity contribution in [2.45, 2.75) is 26.7 Å². The van der Waals surface area contributed by atoms with Gasteiger partial charge in [0.1, 0.15) is 13.2 Å². The second-order valence-electron chi connectivity index (χ2n) is 5.41. The summed E-state index contributed by atoms with van der Waals surface area (Å²) in [5.41, 5.74) is 0.854. The highest BCUT2D eigenvalue weighted by Crippen LogP contribution is 2.40. The third kappa shape index (κ3) is 4.41.